The zero-order chi connectivity index (χ0) is 14.7. The van der Waals surface area contributed by atoms with E-state index in [-0.39, 0.29) is 0 Å². The normalized spacial score (nSPS) is 10.9. The highest BCUT2D eigenvalue weighted by molar-refractivity contribution is 5.62. The van der Waals surface area contributed by atoms with E-state index in [2.05, 4.69) is 42.2 Å². The van der Waals surface area contributed by atoms with Crippen molar-refractivity contribution in [1.82, 2.24) is 14.9 Å². The summed E-state index contributed by atoms with van der Waals surface area (Å²) in [7, 11) is 8.14. The summed E-state index contributed by atoms with van der Waals surface area (Å²) in [6.45, 7) is 2.91. The van der Waals surface area contributed by atoms with Crippen LogP contribution in [0.5, 0.6) is 0 Å². The van der Waals surface area contributed by atoms with E-state index in [4.69, 9.17) is 4.98 Å². The third-order valence-corrected chi connectivity index (χ3v) is 3.11. The Balaban J connectivity index is 2.49. The molecule has 0 amide bonds. The van der Waals surface area contributed by atoms with Crippen LogP contribution < -0.4 is 4.90 Å². The van der Waals surface area contributed by atoms with Gasteiger partial charge in [0.05, 0.1) is 0 Å². The Hall–Kier alpha value is -1.94. The van der Waals surface area contributed by atoms with Crippen molar-refractivity contribution in [3.63, 3.8) is 0 Å². The summed E-state index contributed by atoms with van der Waals surface area (Å²) in [4.78, 5) is 13.4. The maximum atomic E-state index is 4.71. The lowest BCUT2D eigenvalue weighted by Gasteiger charge is -2.17. The predicted octanol–water partition coefficient (Wildman–Crippen LogP) is 2.58. The molecule has 0 radical (unpaired) electrons. The van der Waals surface area contributed by atoms with Crippen molar-refractivity contribution < 1.29 is 0 Å². The fourth-order valence-electron chi connectivity index (χ4n) is 2.23. The number of nitrogens with zero attached hydrogens (tertiary/aromatic N) is 4. The number of hydrogen-bond donors (Lipinski definition) is 0. The lowest BCUT2D eigenvalue weighted by atomic mass is 10.1. The van der Waals surface area contributed by atoms with Crippen molar-refractivity contribution in [2.24, 2.45) is 0 Å². The first-order chi connectivity index (χ1) is 9.49. The SMILES string of the molecule is Cc1cnc(-c2ccccc2CN(C)C)nc1N(C)C. The number of anilines is 1. The van der Waals surface area contributed by atoms with Gasteiger partial charge in [0.1, 0.15) is 5.82 Å². The zero-order valence-electron chi connectivity index (χ0n) is 12.9. The molecule has 1 aromatic carbocycles. The minimum absolute atomic E-state index is 0.789. The third kappa shape index (κ3) is 3.14. The van der Waals surface area contributed by atoms with Gasteiger partial charge in [-0.05, 0) is 26.6 Å². The van der Waals surface area contributed by atoms with Gasteiger partial charge >= 0.3 is 0 Å². The van der Waals surface area contributed by atoms with Crippen LogP contribution in [0.2, 0.25) is 0 Å². The monoisotopic (exact) mass is 270 g/mol. The summed E-state index contributed by atoms with van der Waals surface area (Å²) >= 11 is 0. The molecule has 0 N–H and O–H groups in total. The Bertz CT molecular complexity index is 591. The second-order valence-electron chi connectivity index (χ2n) is 5.49. The maximum absolute atomic E-state index is 4.71. The fraction of sp³-hybridized carbons (Fsp3) is 0.375. The number of benzene rings is 1. The topological polar surface area (TPSA) is 32.3 Å². The first-order valence-corrected chi connectivity index (χ1v) is 6.73. The van der Waals surface area contributed by atoms with Crippen LogP contribution in [0.15, 0.2) is 30.5 Å². The van der Waals surface area contributed by atoms with Gasteiger partial charge in [0, 0.05) is 38.0 Å². The first-order valence-electron chi connectivity index (χ1n) is 6.73. The average molecular weight is 270 g/mol. The summed E-state index contributed by atoms with van der Waals surface area (Å²) in [5, 5.41) is 0. The van der Waals surface area contributed by atoms with Gasteiger partial charge in [0.25, 0.3) is 0 Å². The van der Waals surface area contributed by atoms with Gasteiger partial charge in [0.2, 0.25) is 0 Å². The molecule has 2 aromatic rings. The highest BCUT2D eigenvalue weighted by Crippen LogP contribution is 2.24. The molecule has 0 aliphatic rings. The van der Waals surface area contributed by atoms with Gasteiger partial charge in [-0.1, -0.05) is 24.3 Å². The Morgan fingerprint density at radius 3 is 2.40 bits per heavy atom. The van der Waals surface area contributed by atoms with Crippen LogP contribution in [0, 0.1) is 6.92 Å². The lowest BCUT2D eigenvalue weighted by molar-refractivity contribution is 0.403. The van der Waals surface area contributed by atoms with E-state index in [0.717, 1.165) is 29.3 Å². The van der Waals surface area contributed by atoms with Crippen molar-refractivity contribution in [2.75, 3.05) is 33.1 Å². The fourth-order valence-corrected chi connectivity index (χ4v) is 2.23. The smallest absolute Gasteiger partial charge is 0.161 e. The molecule has 106 valence electrons. The maximum Gasteiger partial charge on any atom is 0.161 e. The molecule has 0 aliphatic heterocycles. The molecular weight excluding hydrogens is 248 g/mol. The quantitative estimate of drug-likeness (QED) is 0.855. The predicted molar refractivity (Wildman–Crippen MR) is 83.9 cm³/mol. The minimum atomic E-state index is 0.789. The summed E-state index contributed by atoms with van der Waals surface area (Å²) in [5.74, 6) is 1.76. The van der Waals surface area contributed by atoms with Crippen molar-refractivity contribution >= 4 is 5.82 Å². The summed E-state index contributed by atoms with van der Waals surface area (Å²) < 4.78 is 0. The van der Waals surface area contributed by atoms with Gasteiger partial charge in [-0.15, -0.1) is 0 Å². The molecule has 0 unspecified atom stereocenters. The Morgan fingerprint density at radius 2 is 1.75 bits per heavy atom. The second-order valence-corrected chi connectivity index (χ2v) is 5.49. The van der Waals surface area contributed by atoms with Crippen molar-refractivity contribution in [3.05, 3.63) is 41.6 Å². The highest BCUT2D eigenvalue weighted by Gasteiger charge is 2.11. The van der Waals surface area contributed by atoms with Crippen molar-refractivity contribution in [1.29, 1.82) is 0 Å². The Labute approximate surface area is 121 Å². The molecule has 0 fully saturated rings. The van der Waals surface area contributed by atoms with E-state index in [9.17, 15) is 0 Å². The molecule has 0 aliphatic carbocycles. The van der Waals surface area contributed by atoms with E-state index < -0.39 is 0 Å². The minimum Gasteiger partial charge on any atom is -0.362 e. The second kappa shape index (κ2) is 6.01. The van der Waals surface area contributed by atoms with Gasteiger partial charge in [-0.2, -0.15) is 0 Å². The molecule has 4 nitrogen and oxygen atoms in total. The number of hydrogen-bond acceptors (Lipinski definition) is 4. The van der Waals surface area contributed by atoms with Gasteiger partial charge in [-0.3, -0.25) is 0 Å². The van der Waals surface area contributed by atoms with Crippen LogP contribution in [-0.4, -0.2) is 43.1 Å². The molecule has 0 saturated carbocycles. The Morgan fingerprint density at radius 1 is 1.05 bits per heavy atom. The van der Waals surface area contributed by atoms with Crippen molar-refractivity contribution in [2.45, 2.75) is 13.5 Å². The average Bonchev–Trinajstić information content (AvgIpc) is 2.39. The van der Waals surface area contributed by atoms with Crippen molar-refractivity contribution in [3.8, 4) is 11.4 Å². The van der Waals surface area contributed by atoms with E-state index in [0.29, 0.717) is 0 Å². The molecule has 4 heteroatoms. The summed E-state index contributed by atoms with van der Waals surface area (Å²) in [5.41, 5.74) is 3.43. The summed E-state index contributed by atoms with van der Waals surface area (Å²) in [6, 6.07) is 8.31. The highest BCUT2D eigenvalue weighted by atomic mass is 15.2. The van der Waals surface area contributed by atoms with Gasteiger partial charge in [-0.25, -0.2) is 9.97 Å². The number of aromatic nitrogens is 2. The molecule has 1 heterocycles. The molecule has 0 bridgehead atoms. The molecule has 0 spiro atoms. The van der Waals surface area contributed by atoms with Crippen LogP contribution >= 0.6 is 0 Å². The van der Waals surface area contributed by atoms with E-state index in [1.807, 2.05) is 38.2 Å². The number of rotatable bonds is 4. The van der Waals surface area contributed by atoms with E-state index >= 15 is 0 Å². The Kier molecular flexibility index (Phi) is 4.35. The summed E-state index contributed by atoms with van der Waals surface area (Å²) in [6.07, 6.45) is 1.89. The molecule has 0 atom stereocenters. The zero-order valence-corrected chi connectivity index (χ0v) is 12.9. The standard InChI is InChI=1S/C16H22N4/c1-12-10-17-15(18-16(12)20(4)5)14-9-7-6-8-13(14)11-19(2)3/h6-10H,11H2,1-5H3. The van der Waals surface area contributed by atoms with Crippen LogP contribution in [0.4, 0.5) is 5.82 Å². The molecule has 0 saturated heterocycles. The van der Waals surface area contributed by atoms with Gasteiger partial charge in [0.15, 0.2) is 5.82 Å². The van der Waals surface area contributed by atoms with Gasteiger partial charge < -0.3 is 9.80 Å². The van der Waals surface area contributed by atoms with E-state index in [1.54, 1.807) is 0 Å². The van der Waals surface area contributed by atoms with Crippen LogP contribution in [0.1, 0.15) is 11.1 Å². The molecule has 20 heavy (non-hydrogen) atoms. The largest absolute Gasteiger partial charge is 0.362 e. The van der Waals surface area contributed by atoms with Crippen LogP contribution in [0.3, 0.4) is 0 Å². The lowest BCUT2D eigenvalue weighted by Crippen LogP contribution is -2.14. The molecular formula is C16H22N4. The first kappa shape index (κ1) is 14.5. The van der Waals surface area contributed by atoms with Crippen LogP contribution in [0.25, 0.3) is 11.4 Å². The number of aryl methyl sites for hydroxylation is 1. The van der Waals surface area contributed by atoms with Crippen LogP contribution in [-0.2, 0) is 6.54 Å². The molecule has 1 aromatic heterocycles. The molecule has 2 rings (SSSR count). The van der Waals surface area contributed by atoms with E-state index in [1.165, 1.54) is 5.56 Å². The third-order valence-electron chi connectivity index (χ3n) is 3.11.